The summed E-state index contributed by atoms with van der Waals surface area (Å²) in [6, 6.07) is 19.9. The zero-order valence-corrected chi connectivity index (χ0v) is 13.5. The Morgan fingerprint density at radius 1 is 1.12 bits per heavy atom. The minimum absolute atomic E-state index is 0.0656. The van der Waals surface area contributed by atoms with E-state index in [1.165, 1.54) is 0 Å². The highest BCUT2D eigenvalue weighted by Crippen LogP contribution is 2.31. The Morgan fingerprint density at radius 3 is 2.46 bits per heavy atom. The number of rotatable bonds is 6. The van der Waals surface area contributed by atoms with E-state index in [1.807, 2.05) is 83.8 Å². The number of hydrogen-bond acceptors (Lipinski definition) is 2. The Balaban J connectivity index is 1.86. The fraction of sp³-hybridized carbons (Fsp3) is 0.190. The Bertz CT molecular complexity index is 709. The van der Waals surface area contributed by atoms with Crippen LogP contribution < -0.4 is 0 Å². The molecule has 0 N–H and O–H groups in total. The second-order valence-corrected chi connectivity index (χ2v) is 5.77. The van der Waals surface area contributed by atoms with Gasteiger partial charge in [0.05, 0.1) is 12.1 Å². The van der Waals surface area contributed by atoms with E-state index in [1.54, 1.807) is 0 Å². The third kappa shape index (κ3) is 3.57. The maximum atomic E-state index is 12.3. The van der Waals surface area contributed by atoms with Crippen LogP contribution in [0.1, 0.15) is 23.6 Å². The predicted molar refractivity (Wildman–Crippen MR) is 96.4 cm³/mol. The first kappa shape index (κ1) is 16.1. The van der Waals surface area contributed by atoms with Gasteiger partial charge in [-0.05, 0) is 17.5 Å². The second kappa shape index (κ2) is 7.64. The maximum Gasteiger partial charge on any atom is 0.410 e. The summed E-state index contributed by atoms with van der Waals surface area (Å²) in [5.74, 6) is 0. The van der Waals surface area contributed by atoms with Crippen LogP contribution in [0.2, 0.25) is 0 Å². The van der Waals surface area contributed by atoms with Gasteiger partial charge < -0.3 is 4.74 Å². The lowest BCUT2D eigenvalue weighted by atomic mass is 10.0. The zero-order chi connectivity index (χ0) is 16.8. The fourth-order valence-electron chi connectivity index (χ4n) is 2.98. The summed E-state index contributed by atoms with van der Waals surface area (Å²) in [5.41, 5.74) is 2.20. The highest BCUT2D eigenvalue weighted by molar-refractivity contribution is 5.72. The Labute approximate surface area is 142 Å². The second-order valence-electron chi connectivity index (χ2n) is 5.77. The molecule has 2 atom stereocenters. The maximum absolute atomic E-state index is 12.3. The van der Waals surface area contributed by atoms with E-state index in [9.17, 15) is 4.79 Å². The summed E-state index contributed by atoms with van der Waals surface area (Å²) >= 11 is 0. The molecule has 1 fully saturated rings. The molecule has 0 bridgehead atoms. The fourth-order valence-corrected chi connectivity index (χ4v) is 2.98. The third-order valence-electron chi connectivity index (χ3n) is 4.17. The normalized spacial score (nSPS) is 18.6. The molecule has 2 aromatic rings. The van der Waals surface area contributed by atoms with Gasteiger partial charge in [0, 0.05) is 0 Å². The third-order valence-corrected chi connectivity index (χ3v) is 4.17. The van der Waals surface area contributed by atoms with Crippen molar-refractivity contribution in [2.75, 3.05) is 6.61 Å². The molecule has 3 nitrogen and oxygen atoms in total. The van der Waals surface area contributed by atoms with Gasteiger partial charge in [0.15, 0.2) is 0 Å². The van der Waals surface area contributed by atoms with Crippen molar-refractivity contribution in [2.45, 2.75) is 18.5 Å². The van der Waals surface area contributed by atoms with Crippen molar-refractivity contribution in [3.63, 3.8) is 0 Å². The van der Waals surface area contributed by atoms with Gasteiger partial charge in [-0.3, -0.25) is 4.90 Å². The summed E-state index contributed by atoms with van der Waals surface area (Å²) in [6.07, 6.45) is 6.35. The van der Waals surface area contributed by atoms with E-state index >= 15 is 0 Å². The smallest absolute Gasteiger partial charge is 0.410 e. The van der Waals surface area contributed by atoms with Crippen molar-refractivity contribution >= 4 is 12.2 Å². The van der Waals surface area contributed by atoms with Crippen LogP contribution in [0, 0.1) is 0 Å². The number of carbonyl (C=O) groups is 1. The van der Waals surface area contributed by atoms with Crippen molar-refractivity contribution in [3.05, 3.63) is 90.5 Å². The van der Waals surface area contributed by atoms with Gasteiger partial charge in [0.1, 0.15) is 6.61 Å². The van der Waals surface area contributed by atoms with Gasteiger partial charge in [-0.2, -0.15) is 0 Å². The molecule has 1 aliphatic rings. The number of amides is 1. The predicted octanol–water partition coefficient (Wildman–Crippen LogP) is 4.84. The molecule has 122 valence electrons. The average molecular weight is 319 g/mol. The first-order chi connectivity index (χ1) is 11.8. The van der Waals surface area contributed by atoms with Crippen LogP contribution in [0.15, 0.2) is 79.4 Å². The largest absolute Gasteiger partial charge is 0.447 e. The van der Waals surface area contributed by atoms with Crippen molar-refractivity contribution in [1.82, 2.24) is 4.90 Å². The number of nitrogens with zero attached hydrogens (tertiary/aromatic N) is 1. The lowest BCUT2D eigenvalue weighted by Crippen LogP contribution is -2.35. The van der Waals surface area contributed by atoms with Crippen molar-refractivity contribution < 1.29 is 9.53 Å². The monoisotopic (exact) mass is 319 g/mol. The van der Waals surface area contributed by atoms with Crippen LogP contribution in [0.4, 0.5) is 4.79 Å². The minimum Gasteiger partial charge on any atom is -0.447 e. The molecule has 3 rings (SSSR count). The van der Waals surface area contributed by atoms with E-state index in [4.69, 9.17) is 4.74 Å². The molecular formula is C21H21NO2. The molecule has 0 saturated carbocycles. The molecule has 0 aliphatic carbocycles. The Kier molecular flexibility index (Phi) is 5.12. The molecule has 2 aromatic carbocycles. The molecular weight excluding hydrogens is 298 g/mol. The lowest BCUT2D eigenvalue weighted by Gasteiger charge is -2.29. The van der Waals surface area contributed by atoms with E-state index < -0.39 is 0 Å². The first-order valence-corrected chi connectivity index (χ1v) is 8.14. The molecule has 3 heteroatoms. The molecule has 0 spiro atoms. The number of carbonyl (C=O) groups excluding carboxylic acids is 1. The molecule has 0 aromatic heterocycles. The molecule has 0 radical (unpaired) electrons. The molecule has 24 heavy (non-hydrogen) atoms. The SMILES string of the molecule is C=CC[C@H](c1ccccc1)N1C(=O)OC[C@H]1/C=C/c1ccccc1. The summed E-state index contributed by atoms with van der Waals surface area (Å²) in [5, 5.41) is 0. The van der Waals surface area contributed by atoms with Crippen LogP contribution in [0.3, 0.4) is 0 Å². The summed E-state index contributed by atoms with van der Waals surface area (Å²) < 4.78 is 5.32. The van der Waals surface area contributed by atoms with Gasteiger partial charge in [0.25, 0.3) is 0 Å². The van der Waals surface area contributed by atoms with Crippen LogP contribution in [0.25, 0.3) is 6.08 Å². The van der Waals surface area contributed by atoms with Crippen molar-refractivity contribution in [1.29, 1.82) is 0 Å². The van der Waals surface area contributed by atoms with Crippen LogP contribution in [-0.4, -0.2) is 23.6 Å². The number of cyclic esters (lactones) is 1. The highest BCUT2D eigenvalue weighted by atomic mass is 16.6. The van der Waals surface area contributed by atoms with E-state index in [0.29, 0.717) is 13.0 Å². The minimum atomic E-state index is -0.270. The van der Waals surface area contributed by atoms with Gasteiger partial charge in [0.2, 0.25) is 0 Å². The van der Waals surface area contributed by atoms with Crippen molar-refractivity contribution in [2.24, 2.45) is 0 Å². The van der Waals surface area contributed by atoms with Gasteiger partial charge in [-0.15, -0.1) is 6.58 Å². The van der Waals surface area contributed by atoms with Crippen LogP contribution >= 0.6 is 0 Å². The van der Waals surface area contributed by atoms with E-state index in [-0.39, 0.29) is 18.2 Å². The van der Waals surface area contributed by atoms with Gasteiger partial charge >= 0.3 is 6.09 Å². The summed E-state index contributed by atoms with van der Waals surface area (Å²) in [6.45, 7) is 4.22. The quantitative estimate of drug-likeness (QED) is 0.713. The van der Waals surface area contributed by atoms with Gasteiger partial charge in [-0.1, -0.05) is 78.9 Å². The molecule has 1 aliphatic heterocycles. The topological polar surface area (TPSA) is 29.5 Å². The van der Waals surface area contributed by atoms with Crippen molar-refractivity contribution in [3.8, 4) is 0 Å². The number of ether oxygens (including phenoxy) is 1. The van der Waals surface area contributed by atoms with Crippen LogP contribution in [0.5, 0.6) is 0 Å². The summed E-state index contributed by atoms with van der Waals surface area (Å²) in [7, 11) is 0. The molecule has 1 heterocycles. The summed E-state index contributed by atoms with van der Waals surface area (Å²) in [4.78, 5) is 14.1. The molecule has 0 unspecified atom stereocenters. The molecule has 1 amide bonds. The Hall–Kier alpha value is -2.81. The lowest BCUT2D eigenvalue weighted by molar-refractivity contribution is 0.146. The average Bonchev–Trinajstić information content (AvgIpc) is 3.00. The standard InChI is InChI=1S/C21H21NO2/c1-2-9-20(18-12-7-4-8-13-18)22-19(16-24-21(22)23)15-14-17-10-5-3-6-11-17/h2-8,10-15,19-20H,1,9,16H2/b15-14+/t19-,20-/m1/s1. The highest BCUT2D eigenvalue weighted by Gasteiger charge is 2.36. The van der Waals surface area contributed by atoms with E-state index in [0.717, 1.165) is 11.1 Å². The molecule has 1 saturated heterocycles. The first-order valence-electron chi connectivity index (χ1n) is 8.14. The van der Waals surface area contributed by atoms with Gasteiger partial charge in [-0.25, -0.2) is 4.79 Å². The van der Waals surface area contributed by atoms with Crippen LogP contribution in [-0.2, 0) is 4.74 Å². The number of hydrogen-bond donors (Lipinski definition) is 0. The Morgan fingerprint density at radius 2 is 1.79 bits per heavy atom. The van der Waals surface area contributed by atoms with E-state index in [2.05, 4.69) is 6.58 Å². The number of benzene rings is 2. The zero-order valence-electron chi connectivity index (χ0n) is 13.5.